The minimum Gasteiger partial charge on any atom is -0.496 e. The van der Waals surface area contributed by atoms with Crippen LogP contribution in [0, 0.1) is 13.8 Å². The molecule has 1 unspecified atom stereocenters. The van der Waals surface area contributed by atoms with Crippen molar-refractivity contribution in [1.82, 2.24) is 4.72 Å². The number of benzene rings is 2. The predicted molar refractivity (Wildman–Crippen MR) is 103 cm³/mol. The topological polar surface area (TPSA) is 75.6 Å². The van der Waals surface area contributed by atoms with E-state index in [0.29, 0.717) is 18.6 Å². The highest BCUT2D eigenvalue weighted by molar-refractivity contribution is 7.89. The third kappa shape index (κ3) is 5.30. The summed E-state index contributed by atoms with van der Waals surface area (Å²) in [6.07, 6.45) is 1.14. The average molecular weight is 378 g/mol. The summed E-state index contributed by atoms with van der Waals surface area (Å²) in [7, 11) is -2.15. The summed E-state index contributed by atoms with van der Waals surface area (Å²) in [4.78, 5) is 0.173. The van der Waals surface area contributed by atoms with Crippen molar-refractivity contribution >= 4 is 10.0 Å². The van der Waals surface area contributed by atoms with E-state index in [1.165, 1.54) is 0 Å². The maximum absolute atomic E-state index is 12.6. The van der Waals surface area contributed by atoms with Gasteiger partial charge in [0.2, 0.25) is 10.0 Å². The first-order valence-corrected chi connectivity index (χ1v) is 10.0. The van der Waals surface area contributed by atoms with Gasteiger partial charge in [-0.3, -0.25) is 0 Å². The first-order chi connectivity index (χ1) is 12.1. The van der Waals surface area contributed by atoms with Crippen molar-refractivity contribution in [2.24, 2.45) is 0 Å². The number of aryl methyl sites for hydroxylation is 3. The fraction of sp³-hybridized carbons (Fsp3) is 0.400. The molecule has 0 saturated heterocycles. The summed E-state index contributed by atoms with van der Waals surface area (Å²) in [5.41, 5.74) is 1.48. The van der Waals surface area contributed by atoms with E-state index in [2.05, 4.69) is 4.72 Å². The van der Waals surface area contributed by atoms with Gasteiger partial charge < -0.3 is 9.84 Å². The number of nitrogens with one attached hydrogen (secondary N) is 1. The molecule has 142 valence electrons. The van der Waals surface area contributed by atoms with Crippen molar-refractivity contribution in [3.63, 3.8) is 0 Å². The highest BCUT2D eigenvalue weighted by Crippen LogP contribution is 2.26. The van der Waals surface area contributed by atoms with Crippen molar-refractivity contribution < 1.29 is 18.3 Å². The third-order valence-electron chi connectivity index (χ3n) is 4.39. The molecule has 0 aliphatic heterocycles. The summed E-state index contributed by atoms with van der Waals surface area (Å²) in [5, 5.41) is 10.5. The lowest BCUT2D eigenvalue weighted by Gasteiger charge is -2.24. The maximum Gasteiger partial charge on any atom is 0.240 e. The van der Waals surface area contributed by atoms with E-state index >= 15 is 0 Å². The van der Waals surface area contributed by atoms with Crippen molar-refractivity contribution in [2.75, 3.05) is 13.7 Å². The van der Waals surface area contributed by atoms with Crippen molar-refractivity contribution in [1.29, 1.82) is 0 Å². The molecule has 0 aliphatic carbocycles. The minimum absolute atomic E-state index is 0.0493. The second-order valence-corrected chi connectivity index (χ2v) is 8.66. The van der Waals surface area contributed by atoms with Gasteiger partial charge in [0.05, 0.1) is 17.6 Å². The standard InChI is InChI=1S/C20H27NO4S/c1-15-12-18(13-16(2)19(15)25-4)26(23,24)21-14-20(3,22)11-10-17-8-6-5-7-9-17/h5-9,12-13,21-22H,10-11,14H2,1-4H3. The average Bonchev–Trinajstić information content (AvgIpc) is 2.59. The molecule has 2 aromatic carbocycles. The van der Waals surface area contributed by atoms with E-state index in [9.17, 15) is 13.5 Å². The Morgan fingerprint density at radius 3 is 2.23 bits per heavy atom. The Balaban J connectivity index is 2.04. The van der Waals surface area contributed by atoms with E-state index in [0.717, 1.165) is 16.7 Å². The molecule has 0 aliphatic rings. The van der Waals surface area contributed by atoms with Gasteiger partial charge in [-0.2, -0.15) is 0 Å². The van der Waals surface area contributed by atoms with Crippen LogP contribution >= 0.6 is 0 Å². The molecule has 0 spiro atoms. The van der Waals surface area contributed by atoms with E-state index in [-0.39, 0.29) is 11.4 Å². The monoisotopic (exact) mass is 377 g/mol. The zero-order chi connectivity index (χ0) is 19.4. The molecule has 2 aromatic rings. The van der Waals surface area contributed by atoms with Crippen LogP contribution in [0.15, 0.2) is 47.4 Å². The van der Waals surface area contributed by atoms with Crippen LogP contribution in [-0.4, -0.2) is 32.8 Å². The zero-order valence-corrected chi connectivity index (χ0v) is 16.6. The van der Waals surface area contributed by atoms with Crippen LogP contribution in [0.2, 0.25) is 0 Å². The number of rotatable bonds is 8. The van der Waals surface area contributed by atoms with Crippen LogP contribution in [0.25, 0.3) is 0 Å². The van der Waals surface area contributed by atoms with Gasteiger partial charge in [0, 0.05) is 6.54 Å². The Labute approximate surface area is 156 Å². The van der Waals surface area contributed by atoms with Crippen molar-refractivity contribution in [2.45, 2.75) is 44.1 Å². The SMILES string of the molecule is COc1c(C)cc(S(=O)(=O)NCC(C)(O)CCc2ccccc2)cc1C. The molecule has 0 aromatic heterocycles. The summed E-state index contributed by atoms with van der Waals surface area (Å²) < 4.78 is 33.0. The van der Waals surface area contributed by atoms with Crippen LogP contribution in [-0.2, 0) is 16.4 Å². The summed E-state index contributed by atoms with van der Waals surface area (Å²) in [6.45, 7) is 5.21. The predicted octanol–water partition coefficient (Wildman–Crippen LogP) is 2.97. The molecule has 2 rings (SSSR count). The second kappa shape index (κ2) is 8.20. The van der Waals surface area contributed by atoms with Crippen molar-refractivity contribution in [3.8, 4) is 5.75 Å². The van der Waals surface area contributed by atoms with Gasteiger partial charge in [-0.1, -0.05) is 30.3 Å². The lowest BCUT2D eigenvalue weighted by molar-refractivity contribution is 0.0565. The van der Waals surface area contributed by atoms with Crippen LogP contribution < -0.4 is 9.46 Å². The Bertz CT molecular complexity index is 822. The molecule has 0 heterocycles. The number of hydrogen-bond donors (Lipinski definition) is 2. The Morgan fingerprint density at radius 1 is 1.12 bits per heavy atom. The van der Waals surface area contributed by atoms with Gasteiger partial charge in [-0.25, -0.2) is 13.1 Å². The van der Waals surface area contributed by atoms with Crippen LogP contribution in [0.3, 0.4) is 0 Å². The van der Waals surface area contributed by atoms with E-state index in [1.807, 2.05) is 30.3 Å². The highest BCUT2D eigenvalue weighted by Gasteiger charge is 2.25. The lowest BCUT2D eigenvalue weighted by atomic mass is 9.97. The van der Waals surface area contributed by atoms with Gasteiger partial charge in [0.1, 0.15) is 5.75 Å². The second-order valence-electron chi connectivity index (χ2n) is 6.90. The van der Waals surface area contributed by atoms with Gasteiger partial charge in [-0.15, -0.1) is 0 Å². The number of methoxy groups -OCH3 is 1. The Morgan fingerprint density at radius 2 is 1.69 bits per heavy atom. The Hall–Kier alpha value is -1.89. The van der Waals surface area contributed by atoms with Crippen LogP contribution in [0.4, 0.5) is 0 Å². The molecule has 0 fully saturated rings. The van der Waals surface area contributed by atoms with Gasteiger partial charge in [0.25, 0.3) is 0 Å². The molecular formula is C20H27NO4S. The summed E-state index contributed by atoms with van der Waals surface area (Å²) in [5.74, 6) is 0.679. The smallest absolute Gasteiger partial charge is 0.240 e. The lowest BCUT2D eigenvalue weighted by Crippen LogP contribution is -2.41. The normalized spacial score (nSPS) is 14.0. The summed E-state index contributed by atoms with van der Waals surface area (Å²) >= 11 is 0. The molecule has 6 heteroatoms. The number of sulfonamides is 1. The molecule has 0 bridgehead atoms. The zero-order valence-electron chi connectivity index (χ0n) is 15.7. The molecule has 0 amide bonds. The van der Waals surface area contributed by atoms with E-state index < -0.39 is 15.6 Å². The largest absolute Gasteiger partial charge is 0.496 e. The fourth-order valence-corrected chi connectivity index (χ4v) is 4.20. The third-order valence-corrected chi connectivity index (χ3v) is 5.77. The number of ether oxygens (including phenoxy) is 1. The van der Waals surface area contributed by atoms with Gasteiger partial charge >= 0.3 is 0 Å². The summed E-state index contributed by atoms with van der Waals surface area (Å²) in [6, 6.07) is 13.0. The Kier molecular flexibility index (Phi) is 6.44. The first kappa shape index (κ1) is 20.4. The highest BCUT2D eigenvalue weighted by atomic mass is 32.2. The number of aliphatic hydroxyl groups is 1. The molecule has 0 saturated carbocycles. The van der Waals surface area contributed by atoms with Crippen molar-refractivity contribution in [3.05, 3.63) is 59.2 Å². The molecule has 1 atom stereocenters. The number of hydrogen-bond acceptors (Lipinski definition) is 4. The molecule has 2 N–H and O–H groups in total. The maximum atomic E-state index is 12.6. The first-order valence-electron chi connectivity index (χ1n) is 8.56. The fourth-order valence-electron chi connectivity index (χ4n) is 2.87. The van der Waals surface area contributed by atoms with Gasteiger partial charge in [-0.05, 0) is 62.4 Å². The quantitative estimate of drug-likeness (QED) is 0.742. The minimum atomic E-state index is -3.71. The molecule has 0 radical (unpaired) electrons. The molecule has 5 nitrogen and oxygen atoms in total. The van der Waals surface area contributed by atoms with Gasteiger partial charge in [0.15, 0.2) is 0 Å². The van der Waals surface area contributed by atoms with E-state index in [1.54, 1.807) is 40.0 Å². The molecular weight excluding hydrogens is 350 g/mol. The molecule has 26 heavy (non-hydrogen) atoms. The van der Waals surface area contributed by atoms with Crippen LogP contribution in [0.5, 0.6) is 5.75 Å². The van der Waals surface area contributed by atoms with E-state index in [4.69, 9.17) is 4.74 Å². The van der Waals surface area contributed by atoms with Crippen LogP contribution in [0.1, 0.15) is 30.0 Å².